The predicted molar refractivity (Wildman–Crippen MR) is 77.4 cm³/mol. The molecule has 16 heavy (non-hydrogen) atoms. The Bertz CT molecular complexity index is 361. The minimum atomic E-state index is 0.784. The first-order valence-corrected chi connectivity index (χ1v) is 7.78. The highest BCUT2D eigenvalue weighted by Crippen LogP contribution is 2.35. The molecule has 1 aliphatic carbocycles. The zero-order valence-electron chi connectivity index (χ0n) is 9.55. The first kappa shape index (κ1) is 12.4. The van der Waals surface area contributed by atoms with Crippen molar-refractivity contribution < 1.29 is 0 Å². The topological polar surface area (TPSA) is 3.24 Å². The van der Waals surface area contributed by atoms with Crippen LogP contribution >= 0.6 is 31.9 Å². The van der Waals surface area contributed by atoms with E-state index in [9.17, 15) is 0 Å². The van der Waals surface area contributed by atoms with Gasteiger partial charge in [0.2, 0.25) is 0 Å². The lowest BCUT2D eigenvalue weighted by atomic mass is 10.1. The molecule has 0 spiro atoms. The molecule has 1 nitrogen and oxygen atoms in total. The number of rotatable bonds is 5. The molecule has 0 bridgehead atoms. The summed E-state index contributed by atoms with van der Waals surface area (Å²) in [7, 11) is 0. The van der Waals surface area contributed by atoms with Crippen LogP contribution in [0.25, 0.3) is 0 Å². The van der Waals surface area contributed by atoms with Crippen molar-refractivity contribution in [2.24, 2.45) is 0 Å². The van der Waals surface area contributed by atoms with Crippen LogP contribution in [0.5, 0.6) is 0 Å². The zero-order valence-corrected chi connectivity index (χ0v) is 12.7. The van der Waals surface area contributed by atoms with Crippen LogP contribution in [0.1, 0.15) is 31.7 Å². The van der Waals surface area contributed by atoms with Crippen LogP contribution in [0.3, 0.4) is 0 Å². The summed E-state index contributed by atoms with van der Waals surface area (Å²) >= 11 is 7.15. The number of anilines is 1. The van der Waals surface area contributed by atoms with Gasteiger partial charge in [-0.25, -0.2) is 0 Å². The lowest BCUT2D eigenvalue weighted by Crippen LogP contribution is -2.27. The van der Waals surface area contributed by atoms with Gasteiger partial charge in [0, 0.05) is 28.1 Å². The van der Waals surface area contributed by atoms with Crippen molar-refractivity contribution in [3.8, 4) is 0 Å². The molecule has 1 fully saturated rings. The molecule has 0 unspecified atom stereocenters. The van der Waals surface area contributed by atoms with E-state index in [1.807, 2.05) is 0 Å². The Morgan fingerprint density at radius 2 is 2.12 bits per heavy atom. The quantitative estimate of drug-likeness (QED) is 0.697. The highest BCUT2D eigenvalue weighted by molar-refractivity contribution is 9.10. The van der Waals surface area contributed by atoms with Gasteiger partial charge >= 0.3 is 0 Å². The van der Waals surface area contributed by atoms with E-state index >= 15 is 0 Å². The van der Waals surface area contributed by atoms with Gasteiger partial charge < -0.3 is 4.90 Å². The lowest BCUT2D eigenvalue weighted by Gasteiger charge is -2.26. The van der Waals surface area contributed by atoms with Crippen LogP contribution in [0, 0.1) is 0 Å². The predicted octanol–water partition coefficient (Wildman–Crippen LogP) is 4.72. The van der Waals surface area contributed by atoms with Gasteiger partial charge in [-0.05, 0) is 37.0 Å². The molecule has 0 aliphatic heterocycles. The molecular formula is C13H17Br2N. The van der Waals surface area contributed by atoms with Crippen molar-refractivity contribution in [3.05, 3.63) is 28.2 Å². The fraction of sp³-hybridized carbons (Fsp3) is 0.538. The largest absolute Gasteiger partial charge is 0.368 e. The van der Waals surface area contributed by atoms with E-state index < -0.39 is 0 Å². The first-order chi connectivity index (χ1) is 7.76. The number of hydrogen-bond donors (Lipinski definition) is 0. The molecule has 0 saturated heterocycles. The van der Waals surface area contributed by atoms with Crippen molar-refractivity contribution >= 4 is 37.5 Å². The Kier molecular flexibility index (Phi) is 4.31. The average molecular weight is 347 g/mol. The summed E-state index contributed by atoms with van der Waals surface area (Å²) < 4.78 is 1.17. The summed E-state index contributed by atoms with van der Waals surface area (Å²) in [6, 6.07) is 7.37. The van der Waals surface area contributed by atoms with Crippen molar-refractivity contribution in [3.63, 3.8) is 0 Å². The molecule has 0 atom stereocenters. The summed E-state index contributed by atoms with van der Waals surface area (Å²) in [6.07, 6.45) is 3.92. The van der Waals surface area contributed by atoms with E-state index in [2.05, 4.69) is 61.9 Å². The van der Waals surface area contributed by atoms with E-state index in [1.54, 1.807) is 0 Å². The summed E-state index contributed by atoms with van der Waals surface area (Å²) in [5, 5.41) is 0.933. The molecule has 3 heteroatoms. The summed E-state index contributed by atoms with van der Waals surface area (Å²) in [5.41, 5.74) is 2.79. The van der Waals surface area contributed by atoms with Crippen LogP contribution in [-0.2, 0) is 5.33 Å². The molecule has 0 radical (unpaired) electrons. The molecule has 2 rings (SSSR count). The van der Waals surface area contributed by atoms with Crippen LogP contribution < -0.4 is 4.90 Å². The molecule has 0 amide bonds. The first-order valence-electron chi connectivity index (χ1n) is 5.87. The van der Waals surface area contributed by atoms with E-state index in [4.69, 9.17) is 0 Å². The number of benzene rings is 1. The standard InChI is InChI=1S/C13H17Br2N/c1-2-7-16(12-5-6-12)13-8-11(15)4-3-10(13)9-14/h3-4,8,12H,2,5-7,9H2,1H3. The Morgan fingerprint density at radius 3 is 2.69 bits per heavy atom. The number of nitrogens with zero attached hydrogens (tertiary/aromatic N) is 1. The maximum Gasteiger partial charge on any atom is 0.0421 e. The molecule has 88 valence electrons. The number of alkyl halides is 1. The molecule has 0 heterocycles. The van der Waals surface area contributed by atoms with E-state index in [0.29, 0.717) is 0 Å². The van der Waals surface area contributed by atoms with Crippen molar-refractivity contribution in [1.82, 2.24) is 0 Å². The molecular weight excluding hydrogens is 330 g/mol. The van der Waals surface area contributed by atoms with E-state index in [1.165, 1.54) is 41.5 Å². The SMILES string of the molecule is CCCN(c1cc(Br)ccc1CBr)C1CC1. The molecule has 1 aromatic rings. The van der Waals surface area contributed by atoms with E-state index in [-0.39, 0.29) is 0 Å². The molecule has 0 aromatic heterocycles. The second kappa shape index (κ2) is 5.54. The van der Waals surface area contributed by atoms with Crippen LogP contribution in [0.15, 0.2) is 22.7 Å². The third kappa shape index (κ3) is 2.80. The smallest absolute Gasteiger partial charge is 0.0421 e. The maximum atomic E-state index is 3.58. The van der Waals surface area contributed by atoms with Crippen molar-refractivity contribution in [1.29, 1.82) is 0 Å². The Balaban J connectivity index is 2.30. The Labute approximate surface area is 114 Å². The van der Waals surface area contributed by atoms with Gasteiger partial charge in [0.1, 0.15) is 0 Å². The van der Waals surface area contributed by atoms with Gasteiger partial charge in [-0.2, -0.15) is 0 Å². The fourth-order valence-electron chi connectivity index (χ4n) is 2.04. The van der Waals surface area contributed by atoms with Gasteiger partial charge in [-0.1, -0.05) is 44.8 Å². The lowest BCUT2D eigenvalue weighted by molar-refractivity contribution is 0.760. The highest BCUT2D eigenvalue weighted by Gasteiger charge is 2.29. The minimum Gasteiger partial charge on any atom is -0.368 e. The second-order valence-corrected chi connectivity index (χ2v) is 5.81. The zero-order chi connectivity index (χ0) is 11.5. The monoisotopic (exact) mass is 345 g/mol. The van der Waals surface area contributed by atoms with Crippen LogP contribution in [0.2, 0.25) is 0 Å². The average Bonchev–Trinajstić information content (AvgIpc) is 3.10. The highest BCUT2D eigenvalue weighted by atomic mass is 79.9. The van der Waals surface area contributed by atoms with Crippen molar-refractivity contribution in [2.45, 2.75) is 37.6 Å². The molecule has 1 aliphatic rings. The van der Waals surface area contributed by atoms with Crippen LogP contribution in [-0.4, -0.2) is 12.6 Å². The fourth-order valence-corrected chi connectivity index (χ4v) is 2.87. The van der Waals surface area contributed by atoms with Gasteiger partial charge in [-0.15, -0.1) is 0 Å². The van der Waals surface area contributed by atoms with Gasteiger partial charge in [0.15, 0.2) is 0 Å². The molecule has 1 aromatic carbocycles. The molecule has 0 N–H and O–H groups in total. The maximum absolute atomic E-state index is 3.58. The third-order valence-corrected chi connectivity index (χ3v) is 4.05. The number of hydrogen-bond acceptors (Lipinski definition) is 1. The summed E-state index contributed by atoms with van der Waals surface area (Å²) in [4.78, 5) is 2.57. The van der Waals surface area contributed by atoms with Gasteiger partial charge in [0.25, 0.3) is 0 Å². The van der Waals surface area contributed by atoms with Gasteiger partial charge in [0.05, 0.1) is 0 Å². The summed E-state index contributed by atoms with van der Waals surface area (Å²) in [6.45, 7) is 3.42. The Morgan fingerprint density at radius 1 is 1.38 bits per heavy atom. The number of halogens is 2. The second-order valence-electron chi connectivity index (χ2n) is 4.33. The van der Waals surface area contributed by atoms with E-state index in [0.717, 1.165) is 11.4 Å². The Hall–Kier alpha value is -0.0200. The third-order valence-electron chi connectivity index (χ3n) is 2.95. The summed E-state index contributed by atoms with van der Waals surface area (Å²) in [5.74, 6) is 0. The van der Waals surface area contributed by atoms with Gasteiger partial charge in [-0.3, -0.25) is 0 Å². The van der Waals surface area contributed by atoms with Crippen LogP contribution in [0.4, 0.5) is 5.69 Å². The minimum absolute atomic E-state index is 0.784. The molecule has 1 saturated carbocycles. The normalized spacial score (nSPS) is 15.2. The van der Waals surface area contributed by atoms with Crippen molar-refractivity contribution in [2.75, 3.05) is 11.4 Å².